The fourth-order valence-corrected chi connectivity index (χ4v) is 2.52. The van der Waals surface area contributed by atoms with Gasteiger partial charge in [0.15, 0.2) is 11.5 Å². The lowest BCUT2D eigenvalue weighted by molar-refractivity contribution is 0.168. The molecule has 2 N–H and O–H groups in total. The fourth-order valence-electron chi connectivity index (χ4n) is 2.52. The summed E-state index contributed by atoms with van der Waals surface area (Å²) in [6.07, 6.45) is 3.30. The fraction of sp³-hybridized carbons (Fsp3) is 0.538. The van der Waals surface area contributed by atoms with Crippen molar-refractivity contribution in [3.8, 4) is 11.5 Å². The molecular weight excluding hydrogens is 202 g/mol. The first kappa shape index (κ1) is 9.97. The highest BCUT2D eigenvalue weighted by molar-refractivity contribution is 5.58. The Bertz CT molecular complexity index is 450. The van der Waals surface area contributed by atoms with Crippen LogP contribution in [0.5, 0.6) is 11.5 Å². The van der Waals surface area contributed by atoms with Gasteiger partial charge in [0.1, 0.15) is 0 Å². The van der Waals surface area contributed by atoms with Gasteiger partial charge in [0, 0.05) is 11.1 Å². The molecule has 1 aromatic carbocycles. The Morgan fingerprint density at radius 3 is 2.50 bits per heavy atom. The van der Waals surface area contributed by atoms with Crippen molar-refractivity contribution in [2.24, 2.45) is 5.73 Å². The van der Waals surface area contributed by atoms with Crippen LogP contribution >= 0.6 is 0 Å². The average Bonchev–Trinajstić information content (AvgIpc) is 2.69. The van der Waals surface area contributed by atoms with E-state index in [2.05, 4.69) is 19.9 Å². The van der Waals surface area contributed by atoms with Crippen LogP contribution in [0.15, 0.2) is 6.07 Å². The summed E-state index contributed by atoms with van der Waals surface area (Å²) in [5.74, 6) is 1.78. The molecule has 1 heterocycles. The van der Waals surface area contributed by atoms with Crippen LogP contribution in [0.25, 0.3) is 0 Å². The second kappa shape index (κ2) is 3.14. The molecule has 1 aliphatic heterocycles. The normalized spacial score (nSPS) is 20.7. The molecule has 2 aliphatic rings. The maximum absolute atomic E-state index is 6.38. The SMILES string of the molecule is Cc1cc(C2(N)CCC2)c2c(c1C)OCO2. The van der Waals surface area contributed by atoms with Gasteiger partial charge in [0.05, 0.1) is 0 Å². The van der Waals surface area contributed by atoms with E-state index in [0.717, 1.165) is 29.9 Å². The number of ether oxygens (including phenoxy) is 2. The predicted molar refractivity (Wildman–Crippen MR) is 61.8 cm³/mol. The number of fused-ring (bicyclic) bond motifs is 1. The van der Waals surface area contributed by atoms with Crippen molar-refractivity contribution in [3.05, 3.63) is 22.8 Å². The van der Waals surface area contributed by atoms with Gasteiger partial charge < -0.3 is 15.2 Å². The van der Waals surface area contributed by atoms with Gasteiger partial charge in [-0.3, -0.25) is 0 Å². The van der Waals surface area contributed by atoms with Gasteiger partial charge in [-0.2, -0.15) is 0 Å². The van der Waals surface area contributed by atoms with Crippen molar-refractivity contribution in [1.29, 1.82) is 0 Å². The highest BCUT2D eigenvalue weighted by atomic mass is 16.7. The monoisotopic (exact) mass is 219 g/mol. The first-order valence-corrected chi connectivity index (χ1v) is 5.81. The van der Waals surface area contributed by atoms with Crippen LogP contribution in [0, 0.1) is 13.8 Å². The van der Waals surface area contributed by atoms with E-state index in [4.69, 9.17) is 15.2 Å². The number of hydrogen-bond donors (Lipinski definition) is 1. The lowest BCUT2D eigenvalue weighted by Crippen LogP contribution is -2.43. The van der Waals surface area contributed by atoms with Crippen molar-refractivity contribution in [1.82, 2.24) is 0 Å². The van der Waals surface area contributed by atoms with E-state index in [1.165, 1.54) is 17.5 Å². The molecule has 0 spiro atoms. The Labute approximate surface area is 95.5 Å². The van der Waals surface area contributed by atoms with Crippen LogP contribution < -0.4 is 15.2 Å². The topological polar surface area (TPSA) is 44.5 Å². The zero-order chi connectivity index (χ0) is 11.3. The average molecular weight is 219 g/mol. The molecule has 0 unspecified atom stereocenters. The first-order valence-electron chi connectivity index (χ1n) is 5.81. The zero-order valence-electron chi connectivity index (χ0n) is 9.80. The quantitative estimate of drug-likeness (QED) is 0.788. The summed E-state index contributed by atoms with van der Waals surface area (Å²) >= 11 is 0. The molecule has 16 heavy (non-hydrogen) atoms. The zero-order valence-corrected chi connectivity index (χ0v) is 9.80. The molecule has 3 heteroatoms. The maximum Gasteiger partial charge on any atom is 0.231 e. The Morgan fingerprint density at radius 2 is 1.88 bits per heavy atom. The van der Waals surface area contributed by atoms with Gasteiger partial charge in [-0.1, -0.05) is 0 Å². The van der Waals surface area contributed by atoms with Crippen molar-refractivity contribution < 1.29 is 9.47 Å². The number of benzene rings is 1. The van der Waals surface area contributed by atoms with Crippen LogP contribution in [0.1, 0.15) is 36.0 Å². The van der Waals surface area contributed by atoms with Crippen LogP contribution in [-0.2, 0) is 5.54 Å². The maximum atomic E-state index is 6.38. The largest absolute Gasteiger partial charge is 0.453 e. The third kappa shape index (κ3) is 1.18. The second-order valence-electron chi connectivity index (χ2n) is 4.94. The summed E-state index contributed by atoms with van der Waals surface area (Å²) in [7, 11) is 0. The first-order chi connectivity index (χ1) is 7.62. The van der Waals surface area contributed by atoms with Crippen molar-refractivity contribution in [2.45, 2.75) is 38.6 Å². The van der Waals surface area contributed by atoms with Crippen LogP contribution in [-0.4, -0.2) is 6.79 Å². The molecule has 1 saturated carbocycles. The molecule has 0 amide bonds. The summed E-state index contributed by atoms with van der Waals surface area (Å²) in [5, 5.41) is 0. The van der Waals surface area contributed by atoms with Gasteiger partial charge in [-0.05, 0) is 50.3 Å². The van der Waals surface area contributed by atoms with Gasteiger partial charge >= 0.3 is 0 Å². The summed E-state index contributed by atoms with van der Waals surface area (Å²) in [6.45, 7) is 4.49. The lowest BCUT2D eigenvalue weighted by atomic mass is 9.72. The second-order valence-corrected chi connectivity index (χ2v) is 4.94. The van der Waals surface area contributed by atoms with Crippen LogP contribution in [0.3, 0.4) is 0 Å². The number of rotatable bonds is 1. The molecule has 86 valence electrons. The van der Waals surface area contributed by atoms with Gasteiger partial charge in [0.2, 0.25) is 6.79 Å². The van der Waals surface area contributed by atoms with Crippen LogP contribution in [0.4, 0.5) is 0 Å². The van der Waals surface area contributed by atoms with E-state index >= 15 is 0 Å². The number of hydrogen-bond acceptors (Lipinski definition) is 3. The van der Waals surface area contributed by atoms with Gasteiger partial charge in [-0.25, -0.2) is 0 Å². The van der Waals surface area contributed by atoms with E-state index in [9.17, 15) is 0 Å². The molecule has 0 radical (unpaired) electrons. The predicted octanol–water partition coefficient (Wildman–Crippen LogP) is 2.37. The Morgan fingerprint density at radius 1 is 1.19 bits per heavy atom. The standard InChI is InChI=1S/C13H17NO2/c1-8-6-10(13(14)4-3-5-13)12-11(9(8)2)15-7-16-12/h6H,3-5,7,14H2,1-2H3. The van der Waals surface area contributed by atoms with Crippen molar-refractivity contribution in [2.75, 3.05) is 6.79 Å². The lowest BCUT2D eigenvalue weighted by Gasteiger charge is -2.39. The third-order valence-corrected chi connectivity index (χ3v) is 3.93. The minimum absolute atomic E-state index is 0.184. The molecule has 1 aromatic rings. The van der Waals surface area contributed by atoms with E-state index < -0.39 is 0 Å². The minimum atomic E-state index is -0.184. The van der Waals surface area contributed by atoms with Gasteiger partial charge in [-0.15, -0.1) is 0 Å². The molecule has 0 aromatic heterocycles. The number of aryl methyl sites for hydroxylation is 1. The molecular formula is C13H17NO2. The summed E-state index contributed by atoms with van der Waals surface area (Å²) in [6, 6.07) is 2.17. The molecule has 3 nitrogen and oxygen atoms in total. The van der Waals surface area contributed by atoms with Gasteiger partial charge in [0.25, 0.3) is 0 Å². The summed E-state index contributed by atoms with van der Waals surface area (Å²) in [4.78, 5) is 0. The Balaban J connectivity index is 2.19. The van der Waals surface area contributed by atoms with E-state index in [1.54, 1.807) is 0 Å². The minimum Gasteiger partial charge on any atom is -0.453 e. The highest BCUT2D eigenvalue weighted by Crippen LogP contribution is 2.49. The molecule has 1 fully saturated rings. The molecule has 0 saturated heterocycles. The number of nitrogens with two attached hydrogens (primary N) is 1. The highest BCUT2D eigenvalue weighted by Gasteiger charge is 2.39. The molecule has 1 aliphatic carbocycles. The van der Waals surface area contributed by atoms with Crippen LogP contribution in [0.2, 0.25) is 0 Å². The third-order valence-electron chi connectivity index (χ3n) is 3.93. The smallest absolute Gasteiger partial charge is 0.231 e. The summed E-state index contributed by atoms with van der Waals surface area (Å²) < 4.78 is 11.1. The van der Waals surface area contributed by atoms with E-state index in [0.29, 0.717) is 6.79 Å². The van der Waals surface area contributed by atoms with Crippen molar-refractivity contribution in [3.63, 3.8) is 0 Å². The van der Waals surface area contributed by atoms with E-state index in [1.807, 2.05) is 0 Å². The molecule has 0 bridgehead atoms. The molecule has 0 atom stereocenters. The molecule has 3 rings (SSSR count). The summed E-state index contributed by atoms with van der Waals surface area (Å²) in [5.41, 5.74) is 9.73. The van der Waals surface area contributed by atoms with E-state index in [-0.39, 0.29) is 5.54 Å². The Hall–Kier alpha value is -1.22. The van der Waals surface area contributed by atoms with Crippen molar-refractivity contribution >= 4 is 0 Å². The Kier molecular flexibility index (Phi) is 1.96.